The van der Waals surface area contributed by atoms with Gasteiger partial charge in [0.25, 0.3) is 0 Å². The van der Waals surface area contributed by atoms with Gasteiger partial charge in [0.05, 0.1) is 29.8 Å². The number of nitrogens with one attached hydrogen (secondary N) is 1. The van der Waals surface area contributed by atoms with Gasteiger partial charge in [0, 0.05) is 18.1 Å². The zero-order valence-corrected chi connectivity index (χ0v) is 16.3. The van der Waals surface area contributed by atoms with E-state index in [1.807, 2.05) is 35.8 Å². The van der Waals surface area contributed by atoms with Crippen LogP contribution >= 0.6 is 0 Å². The average molecular weight is 390 g/mol. The first-order valence-electron chi connectivity index (χ1n) is 9.50. The molecule has 0 aliphatic rings. The van der Waals surface area contributed by atoms with Gasteiger partial charge in [0.2, 0.25) is 0 Å². The largest absolute Gasteiger partial charge is 0.462 e. The second-order valence-electron chi connectivity index (χ2n) is 6.64. The van der Waals surface area contributed by atoms with Crippen LogP contribution < -0.4 is 0 Å². The number of esters is 1. The second kappa shape index (κ2) is 8.28. The summed E-state index contributed by atoms with van der Waals surface area (Å²) < 4.78 is 13.0. The minimum absolute atomic E-state index is 0.121. The van der Waals surface area contributed by atoms with E-state index in [4.69, 9.17) is 9.47 Å². The lowest BCUT2D eigenvalue weighted by Crippen LogP contribution is -2.04. The Bertz CT molecular complexity index is 1120. The summed E-state index contributed by atoms with van der Waals surface area (Å²) in [5, 5.41) is 0. The predicted octanol–water partition coefficient (Wildman–Crippen LogP) is 4.20. The van der Waals surface area contributed by atoms with Crippen LogP contribution in [0.25, 0.3) is 16.7 Å². The number of carbonyl (C=O) groups is 1. The molecule has 2 aromatic heterocycles. The van der Waals surface area contributed by atoms with Crippen LogP contribution in [-0.4, -0.2) is 32.1 Å². The summed E-state index contributed by atoms with van der Waals surface area (Å²) in [6, 6.07) is 13.5. The Morgan fingerprint density at radius 3 is 2.90 bits per heavy atom. The van der Waals surface area contributed by atoms with E-state index in [0.29, 0.717) is 18.8 Å². The average Bonchev–Trinajstić information content (AvgIpc) is 3.42. The maximum Gasteiger partial charge on any atom is 0.338 e. The zero-order valence-electron chi connectivity index (χ0n) is 16.3. The summed E-state index contributed by atoms with van der Waals surface area (Å²) in [5.41, 5.74) is 4.18. The second-order valence-corrected chi connectivity index (χ2v) is 6.64. The van der Waals surface area contributed by atoms with E-state index in [-0.39, 0.29) is 12.1 Å². The Labute approximate surface area is 168 Å². The van der Waals surface area contributed by atoms with Crippen LogP contribution in [0.15, 0.2) is 61.2 Å². The molecule has 7 nitrogen and oxygen atoms in total. The van der Waals surface area contributed by atoms with Crippen molar-refractivity contribution >= 4 is 17.0 Å². The smallest absolute Gasteiger partial charge is 0.338 e. The standard InChI is InChI=1S/C22H22N4O3/c1-3-28-22(27)17-7-8-20-19(12-17)25-14-26(20)18-6-4-5-16(11-18)13-29-15(2)21-23-9-10-24-21/h4-12,14-15H,3,13H2,1-2H3,(H,23,24). The van der Waals surface area contributed by atoms with Gasteiger partial charge in [0.15, 0.2) is 0 Å². The van der Waals surface area contributed by atoms with Crippen molar-refractivity contribution in [3.05, 3.63) is 78.1 Å². The van der Waals surface area contributed by atoms with Crippen LogP contribution in [0.3, 0.4) is 0 Å². The third-order valence-electron chi connectivity index (χ3n) is 4.65. The van der Waals surface area contributed by atoms with Gasteiger partial charge in [0.1, 0.15) is 18.3 Å². The first kappa shape index (κ1) is 18.9. The van der Waals surface area contributed by atoms with Crippen molar-refractivity contribution in [2.24, 2.45) is 0 Å². The third kappa shape index (κ3) is 4.05. The van der Waals surface area contributed by atoms with Crippen molar-refractivity contribution in [1.82, 2.24) is 19.5 Å². The molecule has 0 spiro atoms. The van der Waals surface area contributed by atoms with Gasteiger partial charge < -0.3 is 14.5 Å². The molecule has 0 radical (unpaired) electrons. The molecule has 2 aromatic carbocycles. The Hall–Kier alpha value is -3.45. The number of benzene rings is 2. The molecule has 2 heterocycles. The summed E-state index contributed by atoms with van der Waals surface area (Å²) in [7, 11) is 0. The van der Waals surface area contributed by atoms with Crippen molar-refractivity contribution in [3.63, 3.8) is 0 Å². The molecular formula is C22H22N4O3. The van der Waals surface area contributed by atoms with Gasteiger partial charge in [-0.15, -0.1) is 0 Å². The molecule has 148 valence electrons. The molecule has 7 heteroatoms. The van der Waals surface area contributed by atoms with Crippen LogP contribution in [0.5, 0.6) is 0 Å². The highest BCUT2D eigenvalue weighted by Crippen LogP contribution is 2.22. The van der Waals surface area contributed by atoms with Crippen molar-refractivity contribution in [1.29, 1.82) is 0 Å². The first-order chi connectivity index (χ1) is 14.2. The summed E-state index contributed by atoms with van der Waals surface area (Å²) in [6.45, 7) is 4.57. The fraction of sp³-hybridized carbons (Fsp3) is 0.227. The van der Waals surface area contributed by atoms with Gasteiger partial charge in [-0.3, -0.25) is 4.57 Å². The van der Waals surface area contributed by atoms with Crippen LogP contribution in [-0.2, 0) is 16.1 Å². The fourth-order valence-corrected chi connectivity index (χ4v) is 3.16. The van der Waals surface area contributed by atoms with Crippen LogP contribution in [0.1, 0.15) is 41.7 Å². The number of fused-ring (bicyclic) bond motifs is 1. The lowest BCUT2D eigenvalue weighted by atomic mass is 10.2. The molecule has 1 N–H and O–H groups in total. The summed E-state index contributed by atoms with van der Waals surface area (Å²) in [4.78, 5) is 23.7. The molecule has 0 bridgehead atoms. The Morgan fingerprint density at radius 2 is 2.10 bits per heavy atom. The number of aromatic amines is 1. The number of rotatable bonds is 7. The minimum Gasteiger partial charge on any atom is -0.462 e. The molecule has 0 amide bonds. The molecule has 29 heavy (non-hydrogen) atoms. The Balaban J connectivity index is 1.54. The fourth-order valence-electron chi connectivity index (χ4n) is 3.16. The number of hydrogen-bond acceptors (Lipinski definition) is 5. The lowest BCUT2D eigenvalue weighted by Gasteiger charge is -2.12. The van der Waals surface area contributed by atoms with E-state index in [1.165, 1.54) is 0 Å². The van der Waals surface area contributed by atoms with E-state index in [0.717, 1.165) is 28.1 Å². The van der Waals surface area contributed by atoms with E-state index in [1.54, 1.807) is 37.8 Å². The summed E-state index contributed by atoms with van der Waals surface area (Å²) in [6.07, 6.45) is 5.13. The van der Waals surface area contributed by atoms with Crippen molar-refractivity contribution in [2.75, 3.05) is 6.61 Å². The van der Waals surface area contributed by atoms with Gasteiger partial charge in [-0.25, -0.2) is 14.8 Å². The number of nitrogens with zero attached hydrogens (tertiary/aromatic N) is 3. The van der Waals surface area contributed by atoms with Gasteiger partial charge >= 0.3 is 5.97 Å². The molecule has 4 rings (SSSR count). The highest BCUT2D eigenvalue weighted by Gasteiger charge is 2.12. The highest BCUT2D eigenvalue weighted by atomic mass is 16.5. The molecule has 0 aliphatic heterocycles. The van der Waals surface area contributed by atoms with E-state index in [9.17, 15) is 4.79 Å². The minimum atomic E-state index is -0.339. The number of H-pyrrole nitrogens is 1. The normalized spacial score (nSPS) is 12.2. The van der Waals surface area contributed by atoms with E-state index >= 15 is 0 Å². The van der Waals surface area contributed by atoms with E-state index in [2.05, 4.69) is 21.0 Å². The zero-order chi connectivity index (χ0) is 20.2. The number of carbonyl (C=O) groups excluding carboxylic acids is 1. The number of ether oxygens (including phenoxy) is 2. The molecule has 0 fully saturated rings. The molecule has 0 saturated heterocycles. The number of aromatic nitrogens is 4. The molecular weight excluding hydrogens is 368 g/mol. The van der Waals surface area contributed by atoms with E-state index < -0.39 is 0 Å². The predicted molar refractivity (Wildman–Crippen MR) is 109 cm³/mol. The quantitative estimate of drug-likeness (QED) is 0.478. The van der Waals surface area contributed by atoms with Gasteiger partial charge in [-0.2, -0.15) is 0 Å². The third-order valence-corrected chi connectivity index (χ3v) is 4.65. The summed E-state index contributed by atoms with van der Waals surface area (Å²) in [5.74, 6) is 0.466. The lowest BCUT2D eigenvalue weighted by molar-refractivity contribution is 0.0473. The van der Waals surface area contributed by atoms with Crippen molar-refractivity contribution in [3.8, 4) is 5.69 Å². The molecule has 1 atom stereocenters. The van der Waals surface area contributed by atoms with Crippen LogP contribution in [0.2, 0.25) is 0 Å². The topological polar surface area (TPSA) is 82.0 Å². The highest BCUT2D eigenvalue weighted by molar-refractivity contribution is 5.93. The monoisotopic (exact) mass is 390 g/mol. The van der Waals surface area contributed by atoms with Gasteiger partial charge in [-0.05, 0) is 49.7 Å². The summed E-state index contributed by atoms with van der Waals surface area (Å²) >= 11 is 0. The molecule has 1 unspecified atom stereocenters. The molecule has 0 saturated carbocycles. The number of imidazole rings is 2. The van der Waals surface area contributed by atoms with Gasteiger partial charge in [-0.1, -0.05) is 12.1 Å². The first-order valence-corrected chi connectivity index (χ1v) is 9.50. The molecule has 4 aromatic rings. The molecule has 0 aliphatic carbocycles. The maximum absolute atomic E-state index is 11.9. The van der Waals surface area contributed by atoms with Crippen LogP contribution in [0, 0.1) is 0 Å². The maximum atomic E-state index is 11.9. The Morgan fingerprint density at radius 1 is 1.21 bits per heavy atom. The van der Waals surface area contributed by atoms with Crippen molar-refractivity contribution in [2.45, 2.75) is 26.6 Å². The Kier molecular flexibility index (Phi) is 5.39. The SMILES string of the molecule is CCOC(=O)c1ccc2c(c1)ncn2-c1cccc(COC(C)c2ncc[nH]2)c1. The number of hydrogen-bond donors (Lipinski definition) is 1. The van der Waals surface area contributed by atoms with Crippen LogP contribution in [0.4, 0.5) is 0 Å². The van der Waals surface area contributed by atoms with Crippen molar-refractivity contribution < 1.29 is 14.3 Å².